The molecule has 0 unspecified atom stereocenters. The second-order valence-corrected chi connectivity index (χ2v) is 9.91. The molecule has 0 aliphatic rings. The summed E-state index contributed by atoms with van der Waals surface area (Å²) in [6.07, 6.45) is 0.668. The molecule has 4 aromatic rings. The fraction of sp³-hybridized carbons (Fsp3) is 0.375. The third-order valence-corrected chi connectivity index (χ3v) is 7.86. The first kappa shape index (κ1) is 23.9. The smallest absolute Gasteiger partial charge is 0.243 e. The van der Waals surface area contributed by atoms with Gasteiger partial charge in [0.05, 0.1) is 15.9 Å². The summed E-state index contributed by atoms with van der Waals surface area (Å²) in [5.74, 6) is 1.18. The average molecular weight is 484 g/mol. The summed E-state index contributed by atoms with van der Waals surface area (Å²) in [4.78, 5) is 21.8. The number of carbonyl (C=O) groups is 1. The van der Waals surface area contributed by atoms with Gasteiger partial charge in [-0.15, -0.1) is 0 Å². The first-order valence-corrected chi connectivity index (χ1v) is 12.9. The second-order valence-electron chi connectivity index (χ2n) is 7.98. The normalized spacial score (nSPS) is 12.1. The number of amides is 1. The molecular formula is C24H29N5O4S. The van der Waals surface area contributed by atoms with Crippen molar-refractivity contribution in [2.24, 2.45) is 0 Å². The van der Waals surface area contributed by atoms with Crippen LogP contribution >= 0.6 is 0 Å². The molecule has 0 saturated carbocycles. The van der Waals surface area contributed by atoms with E-state index in [1.54, 1.807) is 43.3 Å². The van der Waals surface area contributed by atoms with Gasteiger partial charge < -0.3 is 14.3 Å². The summed E-state index contributed by atoms with van der Waals surface area (Å²) in [6, 6.07) is 10.4. The lowest BCUT2D eigenvalue weighted by atomic mass is 10.2. The lowest BCUT2D eigenvalue weighted by Gasteiger charge is -2.18. The molecule has 0 aliphatic heterocycles. The lowest BCUT2D eigenvalue weighted by Crippen LogP contribution is -2.30. The predicted octanol–water partition coefficient (Wildman–Crippen LogP) is 4.11. The van der Waals surface area contributed by atoms with E-state index in [1.165, 1.54) is 4.31 Å². The summed E-state index contributed by atoms with van der Waals surface area (Å²) in [7, 11) is -3.57. The summed E-state index contributed by atoms with van der Waals surface area (Å²) in [5.41, 5.74) is 3.48. The minimum Gasteiger partial charge on any atom is -0.441 e. The van der Waals surface area contributed by atoms with Gasteiger partial charge in [0.15, 0.2) is 11.5 Å². The van der Waals surface area contributed by atoms with Crippen molar-refractivity contribution in [3.8, 4) is 0 Å². The molecule has 10 heteroatoms. The number of anilines is 1. The minimum absolute atomic E-state index is 0.140. The van der Waals surface area contributed by atoms with Gasteiger partial charge in [-0.05, 0) is 43.3 Å². The summed E-state index contributed by atoms with van der Waals surface area (Å²) >= 11 is 0. The van der Waals surface area contributed by atoms with Crippen LogP contribution in [-0.2, 0) is 27.8 Å². The predicted molar refractivity (Wildman–Crippen MR) is 131 cm³/mol. The maximum atomic E-state index is 12.9. The van der Waals surface area contributed by atoms with Crippen molar-refractivity contribution < 1.29 is 17.6 Å². The van der Waals surface area contributed by atoms with E-state index < -0.39 is 10.0 Å². The zero-order valence-electron chi connectivity index (χ0n) is 19.8. The molecule has 0 spiro atoms. The van der Waals surface area contributed by atoms with Gasteiger partial charge in [-0.3, -0.25) is 4.79 Å². The van der Waals surface area contributed by atoms with E-state index in [0.717, 1.165) is 11.3 Å². The molecule has 0 radical (unpaired) electrons. The molecule has 4 rings (SSSR count). The Kier molecular flexibility index (Phi) is 6.72. The van der Waals surface area contributed by atoms with Crippen molar-refractivity contribution in [2.75, 3.05) is 18.4 Å². The van der Waals surface area contributed by atoms with E-state index in [4.69, 9.17) is 4.42 Å². The Labute approximate surface area is 198 Å². The standard InChI is InChI=1S/C24H29N5O4S/c1-5-28(6-2)34(31,32)18-9-10-21-19(15-18)27-23(29(21)7-3)12-13-24(30)26-17-8-11-22-20(14-17)25-16(4)33-22/h8-11,14-15H,5-7,12-13H2,1-4H3,(H,26,30). The molecule has 2 aromatic carbocycles. The van der Waals surface area contributed by atoms with Crippen LogP contribution in [0.1, 0.15) is 38.9 Å². The van der Waals surface area contributed by atoms with Crippen LogP contribution in [0.15, 0.2) is 45.7 Å². The number of oxazole rings is 1. The highest BCUT2D eigenvalue weighted by Crippen LogP contribution is 2.24. The van der Waals surface area contributed by atoms with Gasteiger partial charge in [0.25, 0.3) is 0 Å². The fourth-order valence-corrected chi connectivity index (χ4v) is 5.62. The SMILES string of the molecule is CCN(CC)S(=O)(=O)c1ccc2c(c1)nc(CCC(=O)Nc1ccc3oc(C)nc3c1)n2CC. The van der Waals surface area contributed by atoms with Crippen molar-refractivity contribution in [1.82, 2.24) is 18.8 Å². The van der Waals surface area contributed by atoms with Crippen LogP contribution < -0.4 is 5.32 Å². The number of hydrogen-bond donors (Lipinski definition) is 1. The molecule has 1 amide bonds. The monoisotopic (exact) mass is 483 g/mol. The van der Waals surface area contributed by atoms with Crippen molar-refractivity contribution in [3.63, 3.8) is 0 Å². The van der Waals surface area contributed by atoms with Crippen LogP contribution in [-0.4, -0.2) is 46.3 Å². The molecule has 180 valence electrons. The van der Waals surface area contributed by atoms with E-state index in [9.17, 15) is 13.2 Å². The molecule has 0 bridgehead atoms. The van der Waals surface area contributed by atoms with Crippen LogP contribution in [0.25, 0.3) is 22.1 Å². The van der Waals surface area contributed by atoms with Crippen molar-refractivity contribution in [3.05, 3.63) is 48.1 Å². The number of aromatic nitrogens is 3. The third-order valence-electron chi connectivity index (χ3n) is 5.81. The van der Waals surface area contributed by atoms with E-state index in [1.807, 2.05) is 25.3 Å². The van der Waals surface area contributed by atoms with Crippen LogP contribution in [0.4, 0.5) is 5.69 Å². The Bertz CT molecular complexity index is 1450. The van der Waals surface area contributed by atoms with Crippen molar-refractivity contribution in [1.29, 1.82) is 0 Å². The van der Waals surface area contributed by atoms with Gasteiger partial charge in [-0.25, -0.2) is 18.4 Å². The molecule has 0 atom stereocenters. The van der Waals surface area contributed by atoms with Gasteiger partial charge in [0, 0.05) is 45.1 Å². The number of nitrogens with zero attached hydrogens (tertiary/aromatic N) is 4. The number of hydrogen-bond acceptors (Lipinski definition) is 6. The van der Waals surface area contributed by atoms with Gasteiger partial charge in [-0.2, -0.15) is 4.31 Å². The highest BCUT2D eigenvalue weighted by molar-refractivity contribution is 7.89. The van der Waals surface area contributed by atoms with Crippen LogP contribution in [0.5, 0.6) is 0 Å². The molecule has 0 fully saturated rings. The molecule has 2 aromatic heterocycles. The fourth-order valence-electron chi connectivity index (χ4n) is 4.15. The maximum absolute atomic E-state index is 12.9. The van der Waals surface area contributed by atoms with Gasteiger partial charge in [-0.1, -0.05) is 13.8 Å². The number of fused-ring (bicyclic) bond motifs is 2. The van der Waals surface area contributed by atoms with Gasteiger partial charge in [0.1, 0.15) is 11.3 Å². The van der Waals surface area contributed by atoms with E-state index in [0.29, 0.717) is 54.2 Å². The summed E-state index contributed by atoms with van der Waals surface area (Å²) in [6.45, 7) is 8.89. The Morgan fingerprint density at radius 1 is 1.06 bits per heavy atom. The molecule has 9 nitrogen and oxygen atoms in total. The van der Waals surface area contributed by atoms with Gasteiger partial charge in [0.2, 0.25) is 15.9 Å². The number of imidazole rings is 1. The molecule has 0 saturated heterocycles. The molecule has 2 heterocycles. The first-order valence-electron chi connectivity index (χ1n) is 11.4. The molecule has 0 aliphatic carbocycles. The first-order chi connectivity index (χ1) is 16.3. The van der Waals surface area contributed by atoms with E-state index >= 15 is 0 Å². The zero-order chi connectivity index (χ0) is 24.5. The minimum atomic E-state index is -3.57. The van der Waals surface area contributed by atoms with Crippen molar-refractivity contribution in [2.45, 2.75) is 52.0 Å². The second kappa shape index (κ2) is 9.55. The number of nitrogens with one attached hydrogen (secondary N) is 1. The molecular weight excluding hydrogens is 454 g/mol. The van der Waals surface area contributed by atoms with Crippen molar-refractivity contribution >= 4 is 43.8 Å². The topological polar surface area (TPSA) is 110 Å². The van der Waals surface area contributed by atoms with Gasteiger partial charge >= 0.3 is 0 Å². The Hall–Kier alpha value is -3.24. The summed E-state index contributed by atoms with van der Waals surface area (Å²) in [5, 5.41) is 2.90. The molecule has 1 N–H and O–H groups in total. The number of benzene rings is 2. The number of rotatable bonds is 9. The largest absolute Gasteiger partial charge is 0.441 e. The van der Waals surface area contributed by atoms with Crippen LogP contribution in [0.2, 0.25) is 0 Å². The van der Waals surface area contributed by atoms with E-state index in [-0.39, 0.29) is 17.2 Å². The number of carbonyl (C=O) groups excluding carboxylic acids is 1. The third kappa shape index (κ3) is 4.55. The highest BCUT2D eigenvalue weighted by Gasteiger charge is 2.23. The number of aryl methyl sites for hydroxylation is 3. The van der Waals surface area contributed by atoms with Crippen LogP contribution in [0.3, 0.4) is 0 Å². The quantitative estimate of drug-likeness (QED) is 0.384. The van der Waals surface area contributed by atoms with Crippen LogP contribution in [0, 0.1) is 6.92 Å². The number of sulfonamides is 1. The average Bonchev–Trinajstić information content (AvgIpc) is 3.36. The highest BCUT2D eigenvalue weighted by atomic mass is 32.2. The lowest BCUT2D eigenvalue weighted by molar-refractivity contribution is -0.116. The zero-order valence-corrected chi connectivity index (χ0v) is 20.6. The van der Waals surface area contributed by atoms with E-state index in [2.05, 4.69) is 15.3 Å². The summed E-state index contributed by atoms with van der Waals surface area (Å²) < 4.78 is 34.7. The maximum Gasteiger partial charge on any atom is 0.243 e. The Morgan fingerprint density at radius 2 is 1.82 bits per heavy atom. The Morgan fingerprint density at radius 3 is 2.53 bits per heavy atom. The Balaban J connectivity index is 1.52. The molecule has 34 heavy (non-hydrogen) atoms.